The first-order chi connectivity index (χ1) is 7.16. The van der Waals surface area contributed by atoms with Crippen molar-refractivity contribution in [3.05, 3.63) is 20.3 Å². The molecule has 1 aromatic heterocycles. The first kappa shape index (κ1) is 14.0. The van der Waals surface area contributed by atoms with E-state index in [1.807, 2.05) is 13.0 Å². The molecule has 16 heavy (non-hydrogen) atoms. The van der Waals surface area contributed by atoms with Gasteiger partial charge in [0.2, 0.25) is 0 Å². The Hall–Kier alpha value is -0.1000. The Morgan fingerprint density at radius 1 is 1.69 bits per heavy atom. The van der Waals surface area contributed by atoms with Crippen LogP contribution in [0.3, 0.4) is 0 Å². The van der Waals surface area contributed by atoms with Gasteiger partial charge in [0.15, 0.2) is 0 Å². The van der Waals surface area contributed by atoms with Crippen LogP contribution in [0.2, 0.25) is 0 Å². The van der Waals surface area contributed by atoms with E-state index in [9.17, 15) is 4.79 Å². The zero-order valence-electron chi connectivity index (χ0n) is 8.88. The zero-order valence-corrected chi connectivity index (χ0v) is 12.1. The summed E-state index contributed by atoms with van der Waals surface area (Å²) in [6, 6.07) is 1.92. The predicted octanol–water partition coefficient (Wildman–Crippen LogP) is 2.19. The third-order valence-corrected chi connectivity index (χ3v) is 4.22. The van der Waals surface area contributed by atoms with Gasteiger partial charge in [-0.1, -0.05) is 0 Å². The largest absolute Gasteiger partial charge is 0.352 e. The van der Waals surface area contributed by atoms with Gasteiger partial charge in [0.05, 0.1) is 9.35 Å². The molecule has 2 rings (SSSR count). The molecule has 0 aromatic carbocycles. The van der Waals surface area contributed by atoms with E-state index < -0.39 is 0 Å². The summed E-state index contributed by atoms with van der Waals surface area (Å²) >= 11 is 5.00. The van der Waals surface area contributed by atoms with E-state index in [4.69, 9.17) is 0 Å². The number of amides is 1. The molecule has 2 heterocycles. The van der Waals surface area contributed by atoms with Crippen molar-refractivity contribution < 1.29 is 4.79 Å². The van der Waals surface area contributed by atoms with Gasteiger partial charge < -0.3 is 10.6 Å². The van der Waals surface area contributed by atoms with Gasteiger partial charge in [-0.3, -0.25) is 4.79 Å². The minimum Gasteiger partial charge on any atom is -0.352 e. The molecule has 90 valence electrons. The predicted molar refractivity (Wildman–Crippen MR) is 72.7 cm³/mol. The molecule has 0 saturated carbocycles. The summed E-state index contributed by atoms with van der Waals surface area (Å²) in [5.74, 6) is 0.630. The van der Waals surface area contributed by atoms with Crippen molar-refractivity contribution in [2.75, 3.05) is 19.6 Å². The Morgan fingerprint density at radius 2 is 2.38 bits per heavy atom. The summed E-state index contributed by atoms with van der Waals surface area (Å²) in [7, 11) is 0. The van der Waals surface area contributed by atoms with E-state index in [2.05, 4.69) is 26.6 Å². The standard InChI is InChI=1S/C10H13BrN2OS.ClH/c1-6-2-8(9(11)15-6)10(14)13-5-7-3-12-4-7;/h2,7,12H,3-5H2,1H3,(H,13,14);1H. The van der Waals surface area contributed by atoms with Gasteiger partial charge in [0, 0.05) is 30.4 Å². The summed E-state index contributed by atoms with van der Waals surface area (Å²) in [4.78, 5) is 12.9. The molecule has 0 atom stereocenters. The lowest BCUT2D eigenvalue weighted by molar-refractivity contribution is 0.0942. The third-order valence-electron chi connectivity index (χ3n) is 2.47. The van der Waals surface area contributed by atoms with Crippen LogP contribution in [0.1, 0.15) is 15.2 Å². The average molecular weight is 326 g/mol. The minimum atomic E-state index is 0. The molecule has 3 nitrogen and oxygen atoms in total. The second-order valence-electron chi connectivity index (χ2n) is 3.78. The summed E-state index contributed by atoms with van der Waals surface area (Å²) in [6.07, 6.45) is 0. The van der Waals surface area contributed by atoms with Crippen LogP contribution in [0, 0.1) is 12.8 Å². The molecule has 6 heteroatoms. The molecule has 1 aliphatic heterocycles. The Kier molecular flexibility index (Phi) is 5.24. The number of hydrogen-bond donors (Lipinski definition) is 2. The first-order valence-corrected chi connectivity index (χ1v) is 6.52. The monoisotopic (exact) mass is 324 g/mol. The van der Waals surface area contributed by atoms with Gasteiger partial charge in [0.25, 0.3) is 5.91 Å². The Balaban J connectivity index is 0.00000128. The van der Waals surface area contributed by atoms with Gasteiger partial charge in [0.1, 0.15) is 0 Å². The summed E-state index contributed by atoms with van der Waals surface area (Å²) in [6.45, 7) is 4.81. The molecule has 2 N–H and O–H groups in total. The molecule has 1 saturated heterocycles. The molecular formula is C10H14BrClN2OS. The molecule has 1 aromatic rings. The van der Waals surface area contributed by atoms with Crippen molar-refractivity contribution in [2.24, 2.45) is 5.92 Å². The minimum absolute atomic E-state index is 0. The fraction of sp³-hybridized carbons (Fsp3) is 0.500. The number of carbonyl (C=O) groups excluding carboxylic acids is 1. The third kappa shape index (κ3) is 3.20. The fourth-order valence-electron chi connectivity index (χ4n) is 1.47. The van der Waals surface area contributed by atoms with E-state index in [1.54, 1.807) is 11.3 Å². The number of halogens is 2. The fourth-order valence-corrected chi connectivity index (χ4v) is 3.25. The average Bonchev–Trinajstić information content (AvgIpc) is 2.42. The lowest BCUT2D eigenvalue weighted by Crippen LogP contribution is -2.48. The van der Waals surface area contributed by atoms with Crippen LogP contribution in [0.15, 0.2) is 9.85 Å². The molecule has 1 fully saturated rings. The number of thiophene rings is 1. The van der Waals surface area contributed by atoms with Crippen molar-refractivity contribution in [2.45, 2.75) is 6.92 Å². The highest BCUT2D eigenvalue weighted by molar-refractivity contribution is 9.11. The highest BCUT2D eigenvalue weighted by Gasteiger charge is 2.19. The van der Waals surface area contributed by atoms with E-state index >= 15 is 0 Å². The van der Waals surface area contributed by atoms with E-state index in [0.717, 1.165) is 33.9 Å². The second kappa shape index (κ2) is 6.00. The Bertz CT molecular complexity index is 379. The van der Waals surface area contributed by atoms with Crippen LogP contribution in [0.25, 0.3) is 0 Å². The molecule has 1 aliphatic rings. The van der Waals surface area contributed by atoms with Crippen molar-refractivity contribution in [3.8, 4) is 0 Å². The maximum atomic E-state index is 11.8. The summed E-state index contributed by atoms with van der Waals surface area (Å²) < 4.78 is 0.921. The molecule has 0 aliphatic carbocycles. The molecule has 0 radical (unpaired) electrons. The Morgan fingerprint density at radius 3 is 2.81 bits per heavy atom. The van der Waals surface area contributed by atoms with Gasteiger partial charge in [-0.05, 0) is 28.9 Å². The van der Waals surface area contributed by atoms with Crippen molar-refractivity contribution in [3.63, 3.8) is 0 Å². The number of hydrogen-bond acceptors (Lipinski definition) is 3. The van der Waals surface area contributed by atoms with Crippen LogP contribution < -0.4 is 10.6 Å². The van der Waals surface area contributed by atoms with E-state index in [1.165, 1.54) is 0 Å². The Labute approximate surface area is 114 Å². The van der Waals surface area contributed by atoms with E-state index in [0.29, 0.717) is 5.92 Å². The summed E-state index contributed by atoms with van der Waals surface area (Å²) in [5, 5.41) is 6.13. The SMILES string of the molecule is Cc1cc(C(=O)NCC2CNC2)c(Br)s1.Cl. The van der Waals surface area contributed by atoms with Crippen molar-refractivity contribution in [1.29, 1.82) is 0 Å². The normalized spacial score (nSPS) is 15.1. The van der Waals surface area contributed by atoms with E-state index in [-0.39, 0.29) is 18.3 Å². The topological polar surface area (TPSA) is 41.1 Å². The maximum absolute atomic E-state index is 11.8. The molecular weight excluding hydrogens is 312 g/mol. The van der Waals surface area contributed by atoms with Gasteiger partial charge in [-0.15, -0.1) is 23.7 Å². The zero-order chi connectivity index (χ0) is 10.8. The summed E-state index contributed by atoms with van der Waals surface area (Å²) in [5.41, 5.74) is 0.754. The van der Waals surface area contributed by atoms with Crippen LogP contribution in [0.5, 0.6) is 0 Å². The maximum Gasteiger partial charge on any atom is 0.253 e. The second-order valence-corrected chi connectivity index (χ2v) is 6.35. The van der Waals surface area contributed by atoms with Crippen molar-refractivity contribution >= 4 is 45.6 Å². The smallest absolute Gasteiger partial charge is 0.253 e. The molecule has 0 bridgehead atoms. The number of nitrogens with one attached hydrogen (secondary N) is 2. The molecule has 1 amide bonds. The van der Waals surface area contributed by atoms with Crippen LogP contribution >= 0.6 is 39.7 Å². The van der Waals surface area contributed by atoms with Crippen LogP contribution in [-0.2, 0) is 0 Å². The molecule has 0 unspecified atom stereocenters. The highest BCUT2D eigenvalue weighted by atomic mass is 79.9. The van der Waals surface area contributed by atoms with Gasteiger partial charge >= 0.3 is 0 Å². The van der Waals surface area contributed by atoms with Gasteiger partial charge in [-0.25, -0.2) is 0 Å². The van der Waals surface area contributed by atoms with Crippen molar-refractivity contribution in [1.82, 2.24) is 10.6 Å². The molecule has 0 spiro atoms. The van der Waals surface area contributed by atoms with Crippen LogP contribution in [-0.4, -0.2) is 25.5 Å². The number of aryl methyl sites for hydroxylation is 1. The van der Waals surface area contributed by atoms with Crippen LogP contribution in [0.4, 0.5) is 0 Å². The highest BCUT2D eigenvalue weighted by Crippen LogP contribution is 2.27. The first-order valence-electron chi connectivity index (χ1n) is 4.91. The van der Waals surface area contributed by atoms with Gasteiger partial charge in [-0.2, -0.15) is 0 Å². The lowest BCUT2D eigenvalue weighted by atomic mass is 10.0. The number of carbonyl (C=O) groups is 1. The lowest BCUT2D eigenvalue weighted by Gasteiger charge is -2.27. The quantitative estimate of drug-likeness (QED) is 0.894. The number of rotatable bonds is 3.